The van der Waals surface area contributed by atoms with E-state index in [0.29, 0.717) is 6.54 Å². The first-order valence-corrected chi connectivity index (χ1v) is 11.3. The Bertz CT molecular complexity index is 727. The minimum absolute atomic E-state index is 0.0607. The van der Waals surface area contributed by atoms with Gasteiger partial charge in [-0.25, -0.2) is 12.7 Å². The number of sulfonamides is 1. The summed E-state index contributed by atoms with van der Waals surface area (Å²) in [6, 6.07) is 8.29. The fourth-order valence-electron chi connectivity index (χ4n) is 3.82. The number of piperidine rings is 1. The summed E-state index contributed by atoms with van der Waals surface area (Å²) < 4.78 is 24.9. The van der Waals surface area contributed by atoms with Crippen molar-refractivity contribution in [1.82, 2.24) is 9.62 Å². The second-order valence-corrected chi connectivity index (χ2v) is 9.46. The number of rotatable bonds is 5. The fraction of sp³-hybridized carbons (Fsp3) is 0.632. The van der Waals surface area contributed by atoms with Crippen molar-refractivity contribution in [3.63, 3.8) is 0 Å². The topological polar surface area (TPSA) is 69.7 Å². The monoisotopic (exact) mass is 379 g/mol. The lowest BCUT2D eigenvalue weighted by atomic mass is 9.98. The second-order valence-electron chi connectivity index (χ2n) is 7.48. The maximum atomic E-state index is 12.6. The number of carbonyl (C=O) groups is 1. The van der Waals surface area contributed by atoms with Gasteiger partial charge in [0, 0.05) is 31.9 Å². The SMILES string of the molecule is C[C@H](NC(=O)[C@@H]1CCCN(S(C)(=O)=O)C1)c1ccc(N2CCCC2)cc1. The predicted molar refractivity (Wildman–Crippen MR) is 104 cm³/mol. The number of benzene rings is 1. The maximum absolute atomic E-state index is 12.6. The van der Waals surface area contributed by atoms with Crippen LogP contribution in [-0.2, 0) is 14.8 Å². The van der Waals surface area contributed by atoms with Crippen molar-refractivity contribution >= 4 is 21.6 Å². The standard InChI is InChI=1S/C19H29N3O3S/c1-15(16-7-9-18(10-8-16)21-11-3-4-12-21)20-19(23)17-6-5-13-22(14-17)26(2,24)25/h7-10,15,17H,3-6,11-14H2,1-2H3,(H,20,23)/t15-,17+/m0/s1. The van der Waals surface area contributed by atoms with E-state index in [1.165, 1.54) is 29.1 Å². The van der Waals surface area contributed by atoms with E-state index in [1.807, 2.05) is 6.92 Å². The van der Waals surface area contributed by atoms with Crippen LogP contribution in [0, 0.1) is 5.92 Å². The van der Waals surface area contributed by atoms with Crippen molar-refractivity contribution in [2.24, 2.45) is 5.92 Å². The Balaban J connectivity index is 1.58. The van der Waals surface area contributed by atoms with E-state index in [4.69, 9.17) is 0 Å². The van der Waals surface area contributed by atoms with Gasteiger partial charge >= 0.3 is 0 Å². The Morgan fingerprint density at radius 3 is 2.38 bits per heavy atom. The van der Waals surface area contributed by atoms with Gasteiger partial charge in [-0.05, 0) is 50.3 Å². The molecule has 144 valence electrons. The molecule has 1 amide bonds. The minimum Gasteiger partial charge on any atom is -0.372 e. The molecule has 0 aromatic heterocycles. The third-order valence-electron chi connectivity index (χ3n) is 5.45. The predicted octanol–water partition coefficient (Wildman–Crippen LogP) is 2.14. The summed E-state index contributed by atoms with van der Waals surface area (Å²) >= 11 is 0. The molecule has 0 unspecified atom stereocenters. The molecule has 0 saturated carbocycles. The van der Waals surface area contributed by atoms with Gasteiger partial charge in [0.15, 0.2) is 0 Å². The number of nitrogens with zero attached hydrogens (tertiary/aromatic N) is 2. The van der Waals surface area contributed by atoms with Gasteiger partial charge in [-0.1, -0.05) is 12.1 Å². The highest BCUT2D eigenvalue weighted by Crippen LogP contribution is 2.24. The van der Waals surface area contributed by atoms with Crippen LogP contribution in [0.3, 0.4) is 0 Å². The van der Waals surface area contributed by atoms with E-state index >= 15 is 0 Å². The largest absolute Gasteiger partial charge is 0.372 e. The third kappa shape index (κ3) is 4.57. The average Bonchev–Trinajstić information content (AvgIpc) is 3.16. The Morgan fingerprint density at radius 1 is 1.12 bits per heavy atom. The van der Waals surface area contributed by atoms with Gasteiger partial charge in [0.2, 0.25) is 15.9 Å². The number of anilines is 1. The maximum Gasteiger partial charge on any atom is 0.224 e. The van der Waals surface area contributed by atoms with Crippen LogP contribution in [0.15, 0.2) is 24.3 Å². The zero-order chi connectivity index (χ0) is 18.7. The summed E-state index contributed by atoms with van der Waals surface area (Å²) in [6.45, 7) is 5.00. The van der Waals surface area contributed by atoms with Gasteiger partial charge < -0.3 is 10.2 Å². The van der Waals surface area contributed by atoms with Crippen LogP contribution in [0.1, 0.15) is 44.2 Å². The lowest BCUT2D eigenvalue weighted by Gasteiger charge is -2.31. The van der Waals surface area contributed by atoms with Gasteiger partial charge in [-0.3, -0.25) is 4.79 Å². The summed E-state index contributed by atoms with van der Waals surface area (Å²) in [5.41, 5.74) is 2.30. The molecule has 1 N–H and O–H groups in total. The second kappa shape index (κ2) is 7.96. The smallest absolute Gasteiger partial charge is 0.224 e. The summed E-state index contributed by atoms with van der Waals surface area (Å²) in [7, 11) is -3.24. The van der Waals surface area contributed by atoms with Gasteiger partial charge in [-0.2, -0.15) is 0 Å². The lowest BCUT2D eigenvalue weighted by molar-refractivity contribution is -0.126. The Labute approximate surface area is 156 Å². The molecule has 0 aliphatic carbocycles. The Hall–Kier alpha value is -1.60. The molecule has 2 aliphatic rings. The highest BCUT2D eigenvalue weighted by atomic mass is 32.2. The minimum atomic E-state index is -3.24. The summed E-state index contributed by atoms with van der Waals surface area (Å²) in [5.74, 6) is -0.334. The first kappa shape index (κ1) is 19.2. The zero-order valence-electron chi connectivity index (χ0n) is 15.6. The van der Waals surface area contributed by atoms with Crippen molar-refractivity contribution < 1.29 is 13.2 Å². The molecule has 3 rings (SSSR count). The van der Waals surface area contributed by atoms with Crippen molar-refractivity contribution in [1.29, 1.82) is 0 Å². The Kier molecular flexibility index (Phi) is 5.87. The molecular formula is C19H29N3O3S. The number of hydrogen-bond donors (Lipinski definition) is 1. The fourth-order valence-corrected chi connectivity index (χ4v) is 4.73. The van der Waals surface area contributed by atoms with Crippen LogP contribution in [0.2, 0.25) is 0 Å². The highest BCUT2D eigenvalue weighted by Gasteiger charge is 2.30. The van der Waals surface area contributed by atoms with E-state index in [2.05, 4.69) is 34.5 Å². The molecule has 2 atom stereocenters. The molecule has 26 heavy (non-hydrogen) atoms. The van der Waals surface area contributed by atoms with Crippen molar-refractivity contribution in [3.8, 4) is 0 Å². The van der Waals surface area contributed by atoms with E-state index in [0.717, 1.165) is 31.5 Å². The van der Waals surface area contributed by atoms with E-state index in [9.17, 15) is 13.2 Å². The molecule has 1 aromatic rings. The highest BCUT2D eigenvalue weighted by molar-refractivity contribution is 7.88. The molecule has 0 bridgehead atoms. The van der Waals surface area contributed by atoms with Crippen molar-refractivity contribution in [2.45, 2.75) is 38.6 Å². The molecule has 7 heteroatoms. The van der Waals surface area contributed by atoms with Gasteiger partial charge in [0.1, 0.15) is 0 Å². The molecule has 2 saturated heterocycles. The first-order chi connectivity index (χ1) is 12.3. The number of carbonyl (C=O) groups excluding carboxylic acids is 1. The molecule has 2 fully saturated rings. The zero-order valence-corrected chi connectivity index (χ0v) is 16.5. The normalized spacial score (nSPS) is 23.0. The molecule has 0 spiro atoms. The molecule has 0 radical (unpaired) electrons. The molecular weight excluding hydrogens is 350 g/mol. The van der Waals surface area contributed by atoms with Crippen LogP contribution in [0.25, 0.3) is 0 Å². The van der Waals surface area contributed by atoms with Crippen LogP contribution in [-0.4, -0.2) is 51.1 Å². The molecule has 1 aromatic carbocycles. The molecule has 2 heterocycles. The first-order valence-electron chi connectivity index (χ1n) is 9.45. The lowest BCUT2D eigenvalue weighted by Crippen LogP contribution is -2.45. The molecule has 2 aliphatic heterocycles. The Morgan fingerprint density at radius 2 is 1.77 bits per heavy atom. The number of nitrogens with one attached hydrogen (secondary N) is 1. The summed E-state index contributed by atoms with van der Waals surface area (Å²) in [6.07, 6.45) is 5.17. The average molecular weight is 380 g/mol. The van der Waals surface area contributed by atoms with E-state index < -0.39 is 10.0 Å². The molecule has 6 nitrogen and oxygen atoms in total. The van der Waals surface area contributed by atoms with Gasteiger partial charge in [0.05, 0.1) is 18.2 Å². The van der Waals surface area contributed by atoms with Crippen molar-refractivity contribution in [2.75, 3.05) is 37.3 Å². The summed E-state index contributed by atoms with van der Waals surface area (Å²) in [5, 5.41) is 3.05. The van der Waals surface area contributed by atoms with Gasteiger partial charge in [0.25, 0.3) is 0 Å². The van der Waals surface area contributed by atoms with Crippen LogP contribution in [0.5, 0.6) is 0 Å². The van der Waals surface area contributed by atoms with Crippen LogP contribution < -0.4 is 10.2 Å². The quantitative estimate of drug-likeness (QED) is 0.851. The van der Waals surface area contributed by atoms with E-state index in [-0.39, 0.29) is 24.4 Å². The van der Waals surface area contributed by atoms with Crippen molar-refractivity contribution in [3.05, 3.63) is 29.8 Å². The third-order valence-corrected chi connectivity index (χ3v) is 6.72. The number of hydrogen-bond acceptors (Lipinski definition) is 4. The van der Waals surface area contributed by atoms with E-state index in [1.54, 1.807) is 0 Å². The summed E-state index contributed by atoms with van der Waals surface area (Å²) in [4.78, 5) is 15.0. The number of amides is 1. The van der Waals surface area contributed by atoms with Crippen LogP contribution >= 0.6 is 0 Å². The van der Waals surface area contributed by atoms with Gasteiger partial charge in [-0.15, -0.1) is 0 Å². The van der Waals surface area contributed by atoms with Crippen LogP contribution in [0.4, 0.5) is 5.69 Å².